The molecule has 2 amide bonds. The maximum absolute atomic E-state index is 13.3. The summed E-state index contributed by atoms with van der Waals surface area (Å²) in [6.07, 6.45) is 0. The molecule has 6 nitrogen and oxygen atoms in total. The van der Waals surface area contributed by atoms with E-state index < -0.39 is 0 Å². The van der Waals surface area contributed by atoms with Crippen molar-refractivity contribution < 1.29 is 14.0 Å². The predicted octanol–water partition coefficient (Wildman–Crippen LogP) is 4.83. The number of fused-ring (bicyclic) bond motifs is 1. The van der Waals surface area contributed by atoms with E-state index in [-0.39, 0.29) is 24.2 Å². The van der Waals surface area contributed by atoms with Gasteiger partial charge >= 0.3 is 0 Å². The van der Waals surface area contributed by atoms with Gasteiger partial charge in [-0.05, 0) is 69.2 Å². The van der Waals surface area contributed by atoms with Crippen LogP contribution in [0.15, 0.2) is 42.5 Å². The lowest BCUT2D eigenvalue weighted by Gasteiger charge is -2.13. The van der Waals surface area contributed by atoms with Crippen molar-refractivity contribution in [2.45, 2.75) is 27.7 Å². The molecule has 164 valence electrons. The van der Waals surface area contributed by atoms with E-state index in [0.717, 1.165) is 38.3 Å². The molecule has 8 heteroatoms. The van der Waals surface area contributed by atoms with Crippen LogP contribution in [-0.4, -0.2) is 28.1 Å². The molecule has 2 heterocycles. The van der Waals surface area contributed by atoms with Crippen molar-refractivity contribution in [3.63, 3.8) is 0 Å². The maximum atomic E-state index is 13.3. The van der Waals surface area contributed by atoms with Gasteiger partial charge in [-0.3, -0.25) is 9.59 Å². The molecular formula is C24H23FN4O2S. The van der Waals surface area contributed by atoms with Gasteiger partial charge in [-0.1, -0.05) is 17.7 Å². The standard InChI is InChI=1S/C24H23FN4O2S/c1-13-9-14(2)22(15(3)10-13)27-21(30)12-26-23(31)20-11-19-16(4)28-29(24(19)32-20)18-7-5-17(25)6-8-18/h5-11H,12H2,1-4H3,(H,26,31)(H,27,30). The molecule has 0 radical (unpaired) electrons. The Hall–Kier alpha value is -3.52. The summed E-state index contributed by atoms with van der Waals surface area (Å²) in [6, 6.07) is 11.8. The summed E-state index contributed by atoms with van der Waals surface area (Å²) >= 11 is 1.28. The molecule has 0 aliphatic carbocycles. The van der Waals surface area contributed by atoms with Crippen LogP contribution in [0.2, 0.25) is 0 Å². The third-order valence-corrected chi connectivity index (χ3v) is 6.30. The SMILES string of the molecule is Cc1cc(C)c(NC(=O)CNC(=O)c2cc3c(C)nn(-c4ccc(F)cc4)c3s2)c(C)c1. The number of nitrogens with zero attached hydrogens (tertiary/aromatic N) is 2. The summed E-state index contributed by atoms with van der Waals surface area (Å²) in [6.45, 7) is 7.61. The highest BCUT2D eigenvalue weighted by Gasteiger charge is 2.18. The largest absolute Gasteiger partial charge is 0.342 e. The van der Waals surface area contributed by atoms with Crippen LogP contribution >= 0.6 is 11.3 Å². The van der Waals surface area contributed by atoms with Gasteiger partial charge in [0.1, 0.15) is 10.6 Å². The van der Waals surface area contributed by atoms with Crippen molar-refractivity contribution in [1.29, 1.82) is 0 Å². The van der Waals surface area contributed by atoms with Gasteiger partial charge in [-0.15, -0.1) is 11.3 Å². The van der Waals surface area contributed by atoms with Crippen molar-refractivity contribution in [1.82, 2.24) is 15.1 Å². The molecule has 0 unspecified atom stereocenters. The molecule has 2 N–H and O–H groups in total. The number of aromatic nitrogens is 2. The second kappa shape index (κ2) is 8.55. The van der Waals surface area contributed by atoms with Gasteiger partial charge in [0.05, 0.1) is 22.8 Å². The molecule has 0 saturated heterocycles. The number of nitrogens with one attached hydrogen (secondary N) is 2. The van der Waals surface area contributed by atoms with Crippen LogP contribution in [0.3, 0.4) is 0 Å². The number of benzene rings is 2. The van der Waals surface area contributed by atoms with Gasteiger partial charge < -0.3 is 10.6 Å². The van der Waals surface area contributed by atoms with Crippen molar-refractivity contribution in [3.05, 3.63) is 75.5 Å². The number of hydrogen-bond acceptors (Lipinski definition) is 4. The third-order valence-electron chi connectivity index (χ3n) is 5.19. The Balaban J connectivity index is 1.48. The zero-order chi connectivity index (χ0) is 23.0. The van der Waals surface area contributed by atoms with Gasteiger partial charge in [0.2, 0.25) is 5.91 Å². The fraction of sp³-hybridized carbons (Fsp3) is 0.208. The molecule has 4 rings (SSSR count). The molecule has 4 aromatic rings. The lowest BCUT2D eigenvalue weighted by atomic mass is 10.1. The molecule has 32 heavy (non-hydrogen) atoms. The number of amides is 2. The van der Waals surface area contributed by atoms with Crippen molar-refractivity contribution in [2.24, 2.45) is 0 Å². The summed E-state index contributed by atoms with van der Waals surface area (Å²) in [5, 5.41) is 10.9. The second-order valence-corrected chi connectivity index (χ2v) is 8.84. The number of rotatable bonds is 5. The number of hydrogen-bond donors (Lipinski definition) is 2. The molecule has 0 spiro atoms. The smallest absolute Gasteiger partial charge is 0.261 e. The molecule has 2 aromatic heterocycles. The van der Waals surface area contributed by atoms with Crippen molar-refractivity contribution >= 4 is 39.1 Å². The average molecular weight is 451 g/mol. The Labute approximate surface area is 189 Å². The molecular weight excluding hydrogens is 427 g/mol. The minimum Gasteiger partial charge on any atom is -0.342 e. The summed E-state index contributed by atoms with van der Waals surface area (Å²) < 4.78 is 15.0. The Morgan fingerprint density at radius 3 is 2.34 bits per heavy atom. The van der Waals surface area contributed by atoms with E-state index in [1.807, 2.05) is 39.8 Å². The van der Waals surface area contributed by atoms with Crippen LogP contribution in [0, 0.1) is 33.5 Å². The van der Waals surface area contributed by atoms with E-state index in [9.17, 15) is 14.0 Å². The lowest BCUT2D eigenvalue weighted by Crippen LogP contribution is -2.32. The zero-order valence-electron chi connectivity index (χ0n) is 18.2. The molecule has 0 atom stereocenters. The van der Waals surface area contributed by atoms with Gasteiger partial charge in [-0.25, -0.2) is 9.07 Å². The van der Waals surface area contributed by atoms with E-state index >= 15 is 0 Å². The second-order valence-electron chi connectivity index (χ2n) is 7.81. The lowest BCUT2D eigenvalue weighted by molar-refractivity contribution is -0.115. The van der Waals surface area contributed by atoms with E-state index in [1.165, 1.54) is 23.5 Å². The topological polar surface area (TPSA) is 76.0 Å². The van der Waals surface area contributed by atoms with E-state index in [4.69, 9.17) is 0 Å². The highest BCUT2D eigenvalue weighted by atomic mass is 32.1. The Morgan fingerprint density at radius 1 is 1.03 bits per heavy atom. The predicted molar refractivity (Wildman–Crippen MR) is 125 cm³/mol. The number of thiophene rings is 1. The fourth-order valence-electron chi connectivity index (χ4n) is 3.72. The fourth-order valence-corrected chi connectivity index (χ4v) is 4.82. The highest BCUT2D eigenvalue weighted by Crippen LogP contribution is 2.30. The average Bonchev–Trinajstić information content (AvgIpc) is 3.30. The number of carbonyl (C=O) groups excluding carboxylic acids is 2. The first-order chi connectivity index (χ1) is 15.2. The Morgan fingerprint density at radius 2 is 1.69 bits per heavy atom. The first-order valence-corrected chi connectivity index (χ1v) is 11.0. The number of aryl methyl sites for hydroxylation is 4. The minimum absolute atomic E-state index is 0.136. The first-order valence-electron chi connectivity index (χ1n) is 10.1. The van der Waals surface area contributed by atoms with Crippen molar-refractivity contribution in [2.75, 3.05) is 11.9 Å². The summed E-state index contributed by atoms with van der Waals surface area (Å²) in [4.78, 5) is 26.4. The molecule has 0 aliphatic heterocycles. The highest BCUT2D eigenvalue weighted by molar-refractivity contribution is 7.20. The Kier molecular flexibility index (Phi) is 5.80. The van der Waals surface area contributed by atoms with E-state index in [1.54, 1.807) is 22.9 Å². The van der Waals surface area contributed by atoms with Gasteiger partial charge in [-0.2, -0.15) is 5.10 Å². The van der Waals surface area contributed by atoms with Crippen LogP contribution in [0.4, 0.5) is 10.1 Å². The summed E-state index contributed by atoms with van der Waals surface area (Å²) in [5.74, 6) is -0.943. The van der Waals surface area contributed by atoms with Crippen molar-refractivity contribution in [3.8, 4) is 5.69 Å². The molecule has 0 bridgehead atoms. The zero-order valence-corrected chi connectivity index (χ0v) is 19.1. The van der Waals surface area contributed by atoms with Crippen LogP contribution < -0.4 is 10.6 Å². The van der Waals surface area contributed by atoms with Gasteiger partial charge in [0.25, 0.3) is 5.91 Å². The quantitative estimate of drug-likeness (QED) is 0.457. The van der Waals surface area contributed by atoms with Crippen LogP contribution in [-0.2, 0) is 4.79 Å². The monoisotopic (exact) mass is 450 g/mol. The molecule has 0 saturated carbocycles. The third kappa shape index (κ3) is 4.27. The van der Waals surface area contributed by atoms with Gasteiger partial charge in [0.15, 0.2) is 0 Å². The number of anilines is 1. The first kappa shape index (κ1) is 21.7. The molecule has 0 aliphatic rings. The molecule has 2 aromatic carbocycles. The number of carbonyl (C=O) groups is 2. The van der Waals surface area contributed by atoms with Crippen LogP contribution in [0.1, 0.15) is 32.1 Å². The van der Waals surface area contributed by atoms with E-state index in [0.29, 0.717) is 10.6 Å². The molecule has 0 fully saturated rings. The van der Waals surface area contributed by atoms with Gasteiger partial charge in [0, 0.05) is 11.1 Å². The maximum Gasteiger partial charge on any atom is 0.261 e. The number of halogens is 1. The Bertz CT molecular complexity index is 1320. The summed E-state index contributed by atoms with van der Waals surface area (Å²) in [7, 11) is 0. The van der Waals surface area contributed by atoms with E-state index in [2.05, 4.69) is 15.7 Å². The van der Waals surface area contributed by atoms with Crippen LogP contribution in [0.5, 0.6) is 0 Å². The normalized spacial score (nSPS) is 11.0. The summed E-state index contributed by atoms with van der Waals surface area (Å²) in [5.41, 5.74) is 5.33. The van der Waals surface area contributed by atoms with Crippen LogP contribution in [0.25, 0.3) is 15.9 Å². The minimum atomic E-state index is -0.330.